The minimum absolute atomic E-state index is 0.107. The summed E-state index contributed by atoms with van der Waals surface area (Å²) in [7, 11) is 1.57. The first kappa shape index (κ1) is 19.1. The Balaban J connectivity index is 1.93. The van der Waals surface area contributed by atoms with Crippen molar-refractivity contribution in [2.75, 3.05) is 18.9 Å². The van der Waals surface area contributed by atoms with Crippen LogP contribution in [0.15, 0.2) is 53.0 Å². The average molecular weight is 404 g/mol. The normalized spacial score (nSPS) is 11.6. The van der Waals surface area contributed by atoms with Crippen molar-refractivity contribution in [2.45, 2.75) is 19.4 Å². The Labute approximate surface area is 156 Å². The first-order chi connectivity index (χ1) is 12.0. The number of amides is 2. The van der Waals surface area contributed by atoms with Gasteiger partial charge in [-0.25, -0.2) is 0 Å². The van der Waals surface area contributed by atoms with Crippen LogP contribution in [-0.4, -0.2) is 25.4 Å². The lowest BCUT2D eigenvalue weighted by atomic mass is 10.0. The van der Waals surface area contributed by atoms with E-state index in [1.165, 1.54) is 0 Å². The molecule has 5 nitrogen and oxygen atoms in total. The fraction of sp³-hybridized carbons (Fsp3) is 0.263. The highest BCUT2D eigenvalue weighted by molar-refractivity contribution is 9.10. The van der Waals surface area contributed by atoms with Gasteiger partial charge in [-0.1, -0.05) is 41.1 Å². The van der Waals surface area contributed by atoms with Crippen LogP contribution in [0.3, 0.4) is 0 Å². The molecule has 2 aromatic rings. The highest BCUT2D eigenvalue weighted by Gasteiger charge is 2.11. The van der Waals surface area contributed by atoms with E-state index in [0.717, 1.165) is 16.5 Å². The van der Waals surface area contributed by atoms with Crippen LogP contribution in [0.4, 0.5) is 5.69 Å². The lowest BCUT2D eigenvalue weighted by molar-refractivity contribution is -0.115. The maximum atomic E-state index is 12.2. The molecular weight excluding hydrogens is 382 g/mol. The predicted octanol–water partition coefficient (Wildman–Crippen LogP) is 3.49. The van der Waals surface area contributed by atoms with Crippen molar-refractivity contribution in [3.8, 4) is 0 Å². The predicted molar refractivity (Wildman–Crippen MR) is 104 cm³/mol. The van der Waals surface area contributed by atoms with Gasteiger partial charge in [-0.2, -0.15) is 0 Å². The van der Waals surface area contributed by atoms with Crippen LogP contribution < -0.4 is 16.0 Å². The molecule has 0 spiro atoms. The summed E-state index contributed by atoms with van der Waals surface area (Å²) < 4.78 is 1.03. The van der Waals surface area contributed by atoms with Crippen molar-refractivity contribution in [3.63, 3.8) is 0 Å². The fourth-order valence-electron chi connectivity index (χ4n) is 2.50. The number of halogens is 1. The topological polar surface area (TPSA) is 70.2 Å². The molecule has 0 aliphatic carbocycles. The molecule has 0 radical (unpaired) electrons. The summed E-state index contributed by atoms with van der Waals surface area (Å²) in [6.07, 6.45) is 0.876. The zero-order chi connectivity index (χ0) is 18.2. The SMILES string of the molecule is CC[C@@H](NCC(=O)Nc1cccc(C(=O)NC)c1)c1ccc(Br)cc1. The highest BCUT2D eigenvalue weighted by Crippen LogP contribution is 2.19. The minimum Gasteiger partial charge on any atom is -0.355 e. The Kier molecular flexibility index (Phi) is 7.16. The summed E-state index contributed by atoms with van der Waals surface area (Å²) in [6.45, 7) is 2.27. The van der Waals surface area contributed by atoms with Crippen LogP contribution in [0.2, 0.25) is 0 Å². The van der Waals surface area contributed by atoms with E-state index in [2.05, 4.69) is 38.8 Å². The van der Waals surface area contributed by atoms with E-state index in [-0.39, 0.29) is 24.4 Å². The molecular formula is C19H22BrN3O2. The molecule has 0 saturated carbocycles. The summed E-state index contributed by atoms with van der Waals surface area (Å²) in [6, 6.07) is 15.0. The second-order valence-corrected chi connectivity index (χ2v) is 6.52. The number of nitrogens with one attached hydrogen (secondary N) is 3. The van der Waals surface area contributed by atoms with Crippen molar-refractivity contribution < 1.29 is 9.59 Å². The third-order valence-corrected chi connectivity index (χ3v) is 4.35. The molecule has 0 bridgehead atoms. The smallest absolute Gasteiger partial charge is 0.251 e. The Hall–Kier alpha value is -2.18. The number of carbonyl (C=O) groups is 2. The number of carbonyl (C=O) groups excluding carboxylic acids is 2. The van der Waals surface area contributed by atoms with Gasteiger partial charge in [0.15, 0.2) is 0 Å². The molecule has 2 amide bonds. The average Bonchev–Trinajstić information content (AvgIpc) is 2.63. The van der Waals surface area contributed by atoms with E-state index in [4.69, 9.17) is 0 Å². The van der Waals surface area contributed by atoms with Crippen molar-refractivity contribution in [1.29, 1.82) is 0 Å². The van der Waals surface area contributed by atoms with Gasteiger partial charge in [-0.3, -0.25) is 9.59 Å². The summed E-state index contributed by atoms with van der Waals surface area (Å²) in [5, 5.41) is 8.64. The summed E-state index contributed by atoms with van der Waals surface area (Å²) >= 11 is 3.42. The Morgan fingerprint density at radius 2 is 1.84 bits per heavy atom. The maximum Gasteiger partial charge on any atom is 0.251 e. The van der Waals surface area contributed by atoms with E-state index in [0.29, 0.717) is 11.3 Å². The van der Waals surface area contributed by atoms with E-state index < -0.39 is 0 Å². The van der Waals surface area contributed by atoms with Gasteiger partial charge in [-0.05, 0) is 42.3 Å². The molecule has 2 rings (SSSR count). The van der Waals surface area contributed by atoms with E-state index in [9.17, 15) is 9.59 Å². The first-order valence-electron chi connectivity index (χ1n) is 8.14. The molecule has 3 N–H and O–H groups in total. The molecule has 0 fully saturated rings. The van der Waals surface area contributed by atoms with Crippen LogP contribution >= 0.6 is 15.9 Å². The monoisotopic (exact) mass is 403 g/mol. The molecule has 132 valence electrons. The van der Waals surface area contributed by atoms with Crippen molar-refractivity contribution in [2.24, 2.45) is 0 Å². The molecule has 0 aliphatic rings. The van der Waals surface area contributed by atoms with Crippen molar-refractivity contribution >= 4 is 33.4 Å². The maximum absolute atomic E-state index is 12.2. The molecule has 0 aromatic heterocycles. The van der Waals surface area contributed by atoms with Gasteiger partial charge in [0.05, 0.1) is 6.54 Å². The number of hydrogen-bond acceptors (Lipinski definition) is 3. The third kappa shape index (κ3) is 5.69. The van der Waals surface area contributed by atoms with E-state index in [1.54, 1.807) is 31.3 Å². The third-order valence-electron chi connectivity index (χ3n) is 3.83. The standard InChI is InChI=1S/C19H22BrN3O2/c1-3-17(13-7-9-15(20)10-8-13)22-12-18(24)23-16-6-4-5-14(11-16)19(25)21-2/h4-11,17,22H,3,12H2,1-2H3,(H,21,25)(H,23,24)/t17-/m1/s1. The molecule has 2 aromatic carbocycles. The quantitative estimate of drug-likeness (QED) is 0.662. The van der Waals surface area contributed by atoms with Crippen LogP contribution in [0.1, 0.15) is 35.3 Å². The molecule has 1 atom stereocenters. The summed E-state index contributed by atoms with van der Waals surface area (Å²) in [5.74, 6) is -0.333. The molecule has 0 aliphatic heterocycles. The Morgan fingerprint density at radius 1 is 1.12 bits per heavy atom. The minimum atomic E-state index is -0.185. The van der Waals surface area contributed by atoms with Gasteiger partial charge < -0.3 is 16.0 Å². The Morgan fingerprint density at radius 3 is 2.48 bits per heavy atom. The van der Waals surface area contributed by atoms with Gasteiger partial charge in [0.25, 0.3) is 5.91 Å². The van der Waals surface area contributed by atoms with E-state index >= 15 is 0 Å². The zero-order valence-corrected chi connectivity index (χ0v) is 15.9. The number of rotatable bonds is 7. The lowest BCUT2D eigenvalue weighted by Crippen LogP contribution is -2.31. The second-order valence-electron chi connectivity index (χ2n) is 5.60. The lowest BCUT2D eigenvalue weighted by Gasteiger charge is -2.17. The second kappa shape index (κ2) is 9.34. The van der Waals surface area contributed by atoms with Gasteiger partial charge in [0, 0.05) is 28.8 Å². The van der Waals surface area contributed by atoms with Gasteiger partial charge in [-0.15, -0.1) is 0 Å². The zero-order valence-electron chi connectivity index (χ0n) is 14.3. The highest BCUT2D eigenvalue weighted by atomic mass is 79.9. The molecule has 0 unspecified atom stereocenters. The molecule has 0 heterocycles. The van der Waals surface area contributed by atoms with Gasteiger partial charge in [0.2, 0.25) is 5.91 Å². The summed E-state index contributed by atoms with van der Waals surface area (Å²) in [4.78, 5) is 23.8. The molecule has 6 heteroatoms. The molecule has 25 heavy (non-hydrogen) atoms. The van der Waals surface area contributed by atoms with Crippen molar-refractivity contribution in [1.82, 2.24) is 10.6 Å². The number of anilines is 1. The van der Waals surface area contributed by atoms with Crippen LogP contribution in [0.5, 0.6) is 0 Å². The number of benzene rings is 2. The first-order valence-corrected chi connectivity index (χ1v) is 8.93. The Bertz CT molecular complexity index is 732. The largest absolute Gasteiger partial charge is 0.355 e. The molecule has 0 saturated heterocycles. The van der Waals surface area contributed by atoms with E-state index in [1.807, 2.05) is 24.3 Å². The van der Waals surface area contributed by atoms with Gasteiger partial charge >= 0.3 is 0 Å². The van der Waals surface area contributed by atoms with Crippen LogP contribution in [0, 0.1) is 0 Å². The van der Waals surface area contributed by atoms with Crippen LogP contribution in [-0.2, 0) is 4.79 Å². The van der Waals surface area contributed by atoms with Crippen molar-refractivity contribution in [3.05, 3.63) is 64.1 Å². The van der Waals surface area contributed by atoms with Gasteiger partial charge in [0.1, 0.15) is 0 Å². The fourth-order valence-corrected chi connectivity index (χ4v) is 2.76. The number of hydrogen-bond donors (Lipinski definition) is 3. The van der Waals surface area contributed by atoms with Crippen LogP contribution in [0.25, 0.3) is 0 Å². The summed E-state index contributed by atoms with van der Waals surface area (Å²) in [5.41, 5.74) is 2.25.